The van der Waals surface area contributed by atoms with Gasteiger partial charge in [-0.3, -0.25) is 14.9 Å². The molecule has 1 aliphatic rings. The molecule has 2 atom stereocenters. The van der Waals surface area contributed by atoms with Crippen LogP contribution in [0.3, 0.4) is 0 Å². The van der Waals surface area contributed by atoms with Crippen molar-refractivity contribution in [2.75, 3.05) is 13.7 Å². The van der Waals surface area contributed by atoms with Gasteiger partial charge in [0.05, 0.1) is 19.1 Å². The maximum Gasteiger partial charge on any atom is 0.307 e. The molecule has 2 unspecified atom stereocenters. The molecule has 0 aliphatic carbocycles. The zero-order chi connectivity index (χ0) is 14.8. The predicted octanol–water partition coefficient (Wildman–Crippen LogP) is 1.91. The lowest BCUT2D eigenvalue weighted by molar-refractivity contribution is -0.142. The molecular formula is C14H20N2O3S. The van der Waals surface area contributed by atoms with Crippen molar-refractivity contribution >= 4 is 23.2 Å². The monoisotopic (exact) mass is 296 g/mol. The molecule has 0 radical (unpaired) electrons. The number of carbonyl (C=O) groups excluding carboxylic acids is 2. The standard InChI is InChI=1S/C14H20N2O3S/c1-4-14(2)13(18)16(7-5-11(17)19-3)12(15-14)10-6-8-20-9-10/h6,8-9,12,15H,4-5,7H2,1-3H3. The molecule has 20 heavy (non-hydrogen) atoms. The summed E-state index contributed by atoms with van der Waals surface area (Å²) in [5.74, 6) is -0.257. The molecule has 0 spiro atoms. The van der Waals surface area contributed by atoms with Gasteiger partial charge >= 0.3 is 5.97 Å². The predicted molar refractivity (Wildman–Crippen MR) is 77.2 cm³/mol. The van der Waals surface area contributed by atoms with Crippen LogP contribution in [0, 0.1) is 0 Å². The number of ether oxygens (including phenoxy) is 1. The van der Waals surface area contributed by atoms with Gasteiger partial charge < -0.3 is 9.64 Å². The van der Waals surface area contributed by atoms with Crippen LogP contribution < -0.4 is 5.32 Å². The van der Waals surface area contributed by atoms with Gasteiger partial charge in [-0.15, -0.1) is 0 Å². The van der Waals surface area contributed by atoms with E-state index >= 15 is 0 Å². The summed E-state index contributed by atoms with van der Waals surface area (Å²) in [7, 11) is 1.36. The molecular weight excluding hydrogens is 276 g/mol. The molecule has 2 heterocycles. The largest absolute Gasteiger partial charge is 0.469 e. The normalized spacial score (nSPS) is 26.1. The van der Waals surface area contributed by atoms with E-state index in [1.54, 1.807) is 16.2 Å². The van der Waals surface area contributed by atoms with E-state index in [4.69, 9.17) is 0 Å². The molecule has 0 bridgehead atoms. The Morgan fingerprint density at radius 2 is 2.35 bits per heavy atom. The Hall–Kier alpha value is -1.40. The fraction of sp³-hybridized carbons (Fsp3) is 0.571. The Morgan fingerprint density at radius 1 is 1.60 bits per heavy atom. The molecule has 1 N–H and O–H groups in total. The van der Waals surface area contributed by atoms with E-state index in [0.29, 0.717) is 13.0 Å². The lowest BCUT2D eigenvalue weighted by atomic mass is 9.99. The van der Waals surface area contributed by atoms with Gasteiger partial charge in [-0.2, -0.15) is 11.3 Å². The van der Waals surface area contributed by atoms with Crippen LogP contribution >= 0.6 is 11.3 Å². The van der Waals surface area contributed by atoms with Crippen molar-refractivity contribution in [3.8, 4) is 0 Å². The van der Waals surface area contributed by atoms with Gasteiger partial charge in [-0.05, 0) is 35.7 Å². The number of hydrogen-bond acceptors (Lipinski definition) is 5. The third kappa shape index (κ3) is 2.71. The minimum Gasteiger partial charge on any atom is -0.469 e. The first-order chi connectivity index (χ1) is 9.51. The van der Waals surface area contributed by atoms with E-state index in [-0.39, 0.29) is 24.5 Å². The Bertz CT molecular complexity index is 489. The van der Waals surface area contributed by atoms with Gasteiger partial charge in [-0.25, -0.2) is 0 Å². The molecule has 110 valence electrons. The highest BCUT2D eigenvalue weighted by molar-refractivity contribution is 7.07. The SMILES string of the molecule is CCC1(C)NC(c2ccsc2)N(CCC(=O)OC)C1=O. The molecule has 1 fully saturated rings. The molecule has 1 saturated heterocycles. The van der Waals surface area contributed by atoms with Crippen molar-refractivity contribution in [2.45, 2.75) is 38.4 Å². The van der Waals surface area contributed by atoms with Crippen molar-refractivity contribution in [2.24, 2.45) is 0 Å². The number of nitrogens with one attached hydrogen (secondary N) is 1. The Balaban J connectivity index is 2.19. The topological polar surface area (TPSA) is 58.6 Å². The second kappa shape index (κ2) is 5.93. The molecule has 1 aromatic heterocycles. The fourth-order valence-electron chi connectivity index (χ4n) is 2.37. The molecule has 0 aromatic carbocycles. The minimum atomic E-state index is -0.567. The zero-order valence-corrected chi connectivity index (χ0v) is 12.8. The molecule has 0 saturated carbocycles. The zero-order valence-electron chi connectivity index (χ0n) is 12.0. The third-order valence-corrected chi connectivity index (χ3v) is 4.55. The van der Waals surface area contributed by atoms with Crippen LogP contribution in [0.25, 0.3) is 0 Å². The molecule has 1 aliphatic heterocycles. The van der Waals surface area contributed by atoms with Gasteiger partial charge in [0.2, 0.25) is 5.91 Å². The minimum absolute atomic E-state index is 0.0418. The Morgan fingerprint density at radius 3 is 2.90 bits per heavy atom. The number of amides is 1. The quantitative estimate of drug-likeness (QED) is 0.843. The third-order valence-electron chi connectivity index (χ3n) is 3.85. The van der Waals surface area contributed by atoms with E-state index in [9.17, 15) is 9.59 Å². The maximum atomic E-state index is 12.6. The summed E-state index contributed by atoms with van der Waals surface area (Å²) in [5.41, 5.74) is 0.494. The fourth-order valence-corrected chi connectivity index (χ4v) is 3.05. The number of esters is 1. The van der Waals surface area contributed by atoms with Gasteiger partial charge in [0.15, 0.2) is 0 Å². The number of methoxy groups -OCH3 is 1. The molecule has 5 nitrogen and oxygen atoms in total. The first kappa shape index (κ1) is 15.0. The van der Waals surface area contributed by atoms with Crippen LogP contribution in [-0.2, 0) is 14.3 Å². The van der Waals surface area contributed by atoms with Crippen molar-refractivity contribution in [1.29, 1.82) is 0 Å². The van der Waals surface area contributed by atoms with E-state index in [1.165, 1.54) is 7.11 Å². The Kier molecular flexibility index (Phi) is 4.45. The molecule has 2 rings (SSSR count). The summed E-state index contributed by atoms with van der Waals surface area (Å²) in [6.07, 6.45) is 0.759. The van der Waals surface area contributed by atoms with Crippen LogP contribution in [0.1, 0.15) is 38.4 Å². The summed E-state index contributed by atoms with van der Waals surface area (Å²) in [5, 5.41) is 7.40. The van der Waals surface area contributed by atoms with Gasteiger partial charge in [-0.1, -0.05) is 6.92 Å². The lowest BCUT2D eigenvalue weighted by Crippen LogP contribution is -2.43. The highest BCUT2D eigenvalue weighted by atomic mass is 32.1. The molecule has 1 amide bonds. The number of nitrogens with zero attached hydrogens (tertiary/aromatic N) is 1. The van der Waals surface area contributed by atoms with Gasteiger partial charge in [0.25, 0.3) is 0 Å². The second-order valence-corrected chi connectivity index (χ2v) is 5.89. The van der Waals surface area contributed by atoms with Crippen LogP contribution in [0.15, 0.2) is 16.8 Å². The number of carbonyl (C=O) groups is 2. The summed E-state index contributed by atoms with van der Waals surface area (Å²) in [6, 6.07) is 2.00. The van der Waals surface area contributed by atoms with Crippen molar-refractivity contribution in [3.63, 3.8) is 0 Å². The average Bonchev–Trinajstić information content (AvgIpc) is 3.06. The summed E-state index contributed by atoms with van der Waals surface area (Å²) in [6.45, 7) is 4.26. The highest BCUT2D eigenvalue weighted by Crippen LogP contribution is 2.33. The number of hydrogen-bond donors (Lipinski definition) is 1. The van der Waals surface area contributed by atoms with Crippen LogP contribution in [0.4, 0.5) is 0 Å². The number of rotatable bonds is 5. The van der Waals surface area contributed by atoms with Crippen LogP contribution in [0.2, 0.25) is 0 Å². The first-order valence-electron chi connectivity index (χ1n) is 6.69. The molecule has 1 aromatic rings. The summed E-state index contributed by atoms with van der Waals surface area (Å²) in [4.78, 5) is 25.6. The van der Waals surface area contributed by atoms with E-state index in [0.717, 1.165) is 5.56 Å². The van der Waals surface area contributed by atoms with E-state index < -0.39 is 5.54 Å². The molecule has 6 heteroatoms. The van der Waals surface area contributed by atoms with Gasteiger partial charge in [0, 0.05) is 6.54 Å². The number of thiophene rings is 1. The van der Waals surface area contributed by atoms with Crippen LogP contribution in [-0.4, -0.2) is 36.0 Å². The van der Waals surface area contributed by atoms with E-state index in [2.05, 4.69) is 10.1 Å². The van der Waals surface area contributed by atoms with E-state index in [1.807, 2.05) is 30.7 Å². The second-order valence-electron chi connectivity index (χ2n) is 5.11. The lowest BCUT2D eigenvalue weighted by Gasteiger charge is -2.23. The smallest absolute Gasteiger partial charge is 0.307 e. The first-order valence-corrected chi connectivity index (χ1v) is 7.64. The van der Waals surface area contributed by atoms with Gasteiger partial charge in [0.1, 0.15) is 6.17 Å². The summed E-state index contributed by atoms with van der Waals surface area (Å²) >= 11 is 1.60. The highest BCUT2D eigenvalue weighted by Gasteiger charge is 2.47. The summed E-state index contributed by atoms with van der Waals surface area (Å²) < 4.78 is 4.65. The van der Waals surface area contributed by atoms with Crippen molar-refractivity contribution in [1.82, 2.24) is 10.2 Å². The Labute approximate surface area is 122 Å². The van der Waals surface area contributed by atoms with Crippen LogP contribution in [0.5, 0.6) is 0 Å². The average molecular weight is 296 g/mol. The van der Waals surface area contributed by atoms with Crippen molar-refractivity contribution < 1.29 is 14.3 Å². The maximum absolute atomic E-state index is 12.6. The van der Waals surface area contributed by atoms with Crippen molar-refractivity contribution in [3.05, 3.63) is 22.4 Å².